The van der Waals surface area contributed by atoms with E-state index in [1.807, 2.05) is 10.8 Å². The number of hydrogen-bond donors (Lipinski definition) is 0. The van der Waals surface area contributed by atoms with Crippen LogP contribution in [0.25, 0.3) is 0 Å². The second-order valence-electron chi connectivity index (χ2n) is 4.49. The summed E-state index contributed by atoms with van der Waals surface area (Å²) in [5.41, 5.74) is 0. The quantitative estimate of drug-likeness (QED) is 0.190. The van der Waals surface area contributed by atoms with Crippen LogP contribution in [0.2, 0.25) is 0 Å². The lowest BCUT2D eigenvalue weighted by atomic mass is 10.1. The van der Waals surface area contributed by atoms with Gasteiger partial charge in [0, 0.05) is 17.6 Å². The van der Waals surface area contributed by atoms with Gasteiger partial charge >= 0.3 is 5.97 Å². The van der Waals surface area contributed by atoms with E-state index >= 15 is 0 Å². The van der Waals surface area contributed by atoms with E-state index in [4.69, 9.17) is 4.74 Å². The molecule has 0 bridgehead atoms. The summed E-state index contributed by atoms with van der Waals surface area (Å²) in [7, 11) is 3.67. The third-order valence-corrected chi connectivity index (χ3v) is 5.20. The summed E-state index contributed by atoms with van der Waals surface area (Å²) in [6.07, 6.45) is 12.2. The normalized spacial score (nSPS) is 10.4. The van der Waals surface area contributed by atoms with E-state index in [0.717, 1.165) is 5.75 Å². The van der Waals surface area contributed by atoms with Crippen molar-refractivity contribution in [3.63, 3.8) is 0 Å². The van der Waals surface area contributed by atoms with Gasteiger partial charge in [-0.05, 0) is 6.42 Å². The minimum absolute atomic E-state index is 0.325. The van der Waals surface area contributed by atoms with Gasteiger partial charge in [-0.2, -0.15) is 0 Å². The average molecular weight is 305 g/mol. The molecule has 0 saturated carbocycles. The van der Waals surface area contributed by atoms with Crippen LogP contribution in [-0.4, -0.2) is 24.1 Å². The summed E-state index contributed by atoms with van der Waals surface area (Å²) in [5.74, 6) is 1.74. The molecule has 19 heavy (non-hydrogen) atoms. The molecule has 0 unspecified atom stereocenters. The van der Waals surface area contributed by atoms with Crippen molar-refractivity contribution < 1.29 is 9.53 Å². The SMILES string of the molecule is C=CC(=O)OCCSSCCCCCCCCCC. The van der Waals surface area contributed by atoms with Gasteiger partial charge in [-0.25, -0.2) is 4.79 Å². The molecule has 0 saturated heterocycles. The van der Waals surface area contributed by atoms with E-state index in [1.165, 1.54) is 63.2 Å². The highest BCUT2D eigenvalue weighted by Gasteiger charge is 1.96. The largest absolute Gasteiger partial charge is 0.462 e. The minimum Gasteiger partial charge on any atom is -0.462 e. The molecular weight excluding hydrogens is 276 g/mol. The molecule has 0 fully saturated rings. The molecule has 0 aliphatic rings. The standard InChI is InChI=1S/C15H28O2S2/c1-3-5-6-7-8-9-10-11-13-18-19-14-12-17-15(16)4-2/h4H,2-3,5-14H2,1H3. The Bertz CT molecular complexity index is 220. The van der Waals surface area contributed by atoms with E-state index in [1.54, 1.807) is 10.8 Å². The molecule has 0 N–H and O–H groups in total. The Morgan fingerprint density at radius 3 is 2.21 bits per heavy atom. The van der Waals surface area contributed by atoms with Crippen molar-refractivity contribution >= 4 is 27.6 Å². The lowest BCUT2D eigenvalue weighted by Gasteiger charge is -2.03. The van der Waals surface area contributed by atoms with Crippen LogP contribution < -0.4 is 0 Å². The monoisotopic (exact) mass is 304 g/mol. The van der Waals surface area contributed by atoms with Crippen LogP contribution in [0.3, 0.4) is 0 Å². The molecule has 0 radical (unpaired) electrons. The van der Waals surface area contributed by atoms with Crippen LogP contribution >= 0.6 is 21.6 Å². The summed E-state index contributed by atoms with van der Waals surface area (Å²) in [4.78, 5) is 10.8. The van der Waals surface area contributed by atoms with Crippen LogP contribution in [0, 0.1) is 0 Å². The zero-order chi connectivity index (χ0) is 14.2. The predicted molar refractivity (Wildman–Crippen MR) is 88.7 cm³/mol. The van der Waals surface area contributed by atoms with Gasteiger partial charge in [0.2, 0.25) is 0 Å². The second kappa shape index (κ2) is 16.0. The fraction of sp³-hybridized carbons (Fsp3) is 0.800. The summed E-state index contributed by atoms with van der Waals surface area (Å²) in [5, 5.41) is 0. The molecule has 0 spiro atoms. The van der Waals surface area contributed by atoms with Gasteiger partial charge in [0.25, 0.3) is 0 Å². The van der Waals surface area contributed by atoms with Crippen molar-refractivity contribution in [2.75, 3.05) is 18.1 Å². The lowest BCUT2D eigenvalue weighted by molar-refractivity contribution is -0.137. The van der Waals surface area contributed by atoms with Crippen LogP contribution in [0.4, 0.5) is 0 Å². The maximum absolute atomic E-state index is 10.8. The van der Waals surface area contributed by atoms with Gasteiger partial charge in [-0.1, -0.05) is 80.0 Å². The zero-order valence-corrected chi connectivity index (χ0v) is 13.8. The van der Waals surface area contributed by atoms with Gasteiger partial charge in [-0.15, -0.1) is 0 Å². The highest BCUT2D eigenvalue weighted by atomic mass is 33.1. The first kappa shape index (κ1) is 18.9. The summed E-state index contributed by atoms with van der Waals surface area (Å²) in [6, 6.07) is 0. The van der Waals surface area contributed by atoms with Crippen LogP contribution in [0.5, 0.6) is 0 Å². The smallest absolute Gasteiger partial charge is 0.330 e. The lowest BCUT2D eigenvalue weighted by Crippen LogP contribution is -2.02. The molecule has 0 rings (SSSR count). The topological polar surface area (TPSA) is 26.3 Å². The summed E-state index contributed by atoms with van der Waals surface area (Å²) >= 11 is 0. The molecule has 4 heteroatoms. The Hall–Kier alpha value is -0.0900. The Morgan fingerprint density at radius 2 is 1.58 bits per heavy atom. The van der Waals surface area contributed by atoms with Crippen molar-refractivity contribution in [2.45, 2.75) is 58.3 Å². The highest BCUT2D eigenvalue weighted by Crippen LogP contribution is 2.22. The first-order valence-electron chi connectivity index (χ1n) is 7.34. The molecule has 0 atom stereocenters. The fourth-order valence-electron chi connectivity index (χ4n) is 1.65. The van der Waals surface area contributed by atoms with Gasteiger partial charge in [0.1, 0.15) is 6.61 Å². The molecule has 2 nitrogen and oxygen atoms in total. The molecule has 0 aromatic carbocycles. The van der Waals surface area contributed by atoms with Crippen molar-refractivity contribution in [1.82, 2.24) is 0 Å². The third-order valence-electron chi connectivity index (χ3n) is 2.74. The average Bonchev–Trinajstić information content (AvgIpc) is 2.43. The first-order chi connectivity index (χ1) is 9.31. The van der Waals surface area contributed by atoms with Gasteiger partial charge in [0.05, 0.1) is 0 Å². The van der Waals surface area contributed by atoms with Crippen molar-refractivity contribution in [3.8, 4) is 0 Å². The Kier molecular flexibility index (Phi) is 15.9. The maximum atomic E-state index is 10.8. The molecule has 0 aliphatic carbocycles. The van der Waals surface area contributed by atoms with Crippen molar-refractivity contribution in [2.24, 2.45) is 0 Å². The predicted octanol–water partition coefficient (Wildman–Crippen LogP) is 5.24. The van der Waals surface area contributed by atoms with Crippen LogP contribution in [-0.2, 0) is 9.53 Å². The molecule has 0 heterocycles. The Morgan fingerprint density at radius 1 is 1.00 bits per heavy atom. The zero-order valence-electron chi connectivity index (χ0n) is 12.2. The van der Waals surface area contributed by atoms with E-state index in [9.17, 15) is 4.79 Å². The van der Waals surface area contributed by atoms with Crippen molar-refractivity contribution in [1.29, 1.82) is 0 Å². The first-order valence-corrected chi connectivity index (χ1v) is 9.83. The number of unbranched alkanes of at least 4 members (excludes halogenated alkanes) is 7. The van der Waals surface area contributed by atoms with E-state index in [0.29, 0.717) is 6.61 Å². The molecule has 0 amide bonds. The van der Waals surface area contributed by atoms with E-state index < -0.39 is 0 Å². The third kappa shape index (κ3) is 15.9. The second-order valence-corrected chi connectivity index (χ2v) is 7.19. The number of hydrogen-bond acceptors (Lipinski definition) is 4. The number of carbonyl (C=O) groups is 1. The molecule has 0 aromatic heterocycles. The molecule has 112 valence electrons. The summed E-state index contributed by atoms with van der Waals surface area (Å²) < 4.78 is 4.89. The van der Waals surface area contributed by atoms with E-state index in [-0.39, 0.29) is 5.97 Å². The number of rotatable bonds is 14. The highest BCUT2D eigenvalue weighted by molar-refractivity contribution is 8.76. The van der Waals surface area contributed by atoms with E-state index in [2.05, 4.69) is 13.5 Å². The van der Waals surface area contributed by atoms with Gasteiger partial charge in [0.15, 0.2) is 0 Å². The molecule has 0 aromatic rings. The minimum atomic E-state index is -0.325. The van der Waals surface area contributed by atoms with Crippen LogP contribution in [0.1, 0.15) is 58.3 Å². The number of ether oxygens (including phenoxy) is 1. The van der Waals surface area contributed by atoms with Gasteiger partial charge < -0.3 is 4.74 Å². The van der Waals surface area contributed by atoms with Gasteiger partial charge in [-0.3, -0.25) is 0 Å². The fourth-order valence-corrected chi connectivity index (χ4v) is 3.62. The maximum Gasteiger partial charge on any atom is 0.330 e. The van der Waals surface area contributed by atoms with Crippen LogP contribution in [0.15, 0.2) is 12.7 Å². The number of esters is 1. The molecular formula is C15H28O2S2. The summed E-state index contributed by atoms with van der Waals surface area (Å²) in [6.45, 7) is 6.10. The Balaban J connectivity index is 2.99. The Labute approximate surface area is 126 Å². The molecule has 0 aliphatic heterocycles. The number of carbonyl (C=O) groups excluding carboxylic acids is 1. The van der Waals surface area contributed by atoms with Crippen molar-refractivity contribution in [3.05, 3.63) is 12.7 Å².